The van der Waals surface area contributed by atoms with Crippen molar-refractivity contribution in [2.24, 2.45) is 0 Å². The van der Waals surface area contributed by atoms with Crippen molar-refractivity contribution in [2.75, 3.05) is 24.5 Å². The highest BCUT2D eigenvalue weighted by Gasteiger charge is 2.27. The maximum atomic E-state index is 13.1. The number of benzene rings is 1. The van der Waals surface area contributed by atoms with Crippen LogP contribution in [0.5, 0.6) is 0 Å². The van der Waals surface area contributed by atoms with Crippen LogP contribution in [0.25, 0.3) is 22.0 Å². The van der Waals surface area contributed by atoms with Gasteiger partial charge in [-0.25, -0.2) is 4.98 Å². The van der Waals surface area contributed by atoms with Crippen LogP contribution in [-0.2, 0) is 13.1 Å². The van der Waals surface area contributed by atoms with Crippen molar-refractivity contribution in [2.45, 2.75) is 25.9 Å². The monoisotopic (exact) mass is 462 g/mol. The number of anilines is 1. The fourth-order valence-corrected chi connectivity index (χ4v) is 5.93. The predicted octanol–water partition coefficient (Wildman–Crippen LogP) is 4.39. The van der Waals surface area contributed by atoms with E-state index in [0.717, 1.165) is 41.1 Å². The first-order valence-electron chi connectivity index (χ1n) is 10.8. The van der Waals surface area contributed by atoms with E-state index in [4.69, 9.17) is 4.98 Å². The number of fused-ring (bicyclic) bond motifs is 1. The van der Waals surface area contributed by atoms with Crippen LogP contribution in [0.3, 0.4) is 0 Å². The van der Waals surface area contributed by atoms with Gasteiger partial charge in [-0.2, -0.15) is 0 Å². The molecule has 1 amide bonds. The number of carbonyl (C=O) groups excluding carboxylic acids is 1. The second kappa shape index (κ2) is 8.14. The Morgan fingerprint density at radius 1 is 0.938 bits per heavy atom. The molecule has 0 unspecified atom stereocenters. The molecule has 0 bridgehead atoms. The molecule has 162 valence electrons. The number of nitrogens with zero attached hydrogens (tertiary/aromatic N) is 6. The Kier molecular flexibility index (Phi) is 4.99. The van der Waals surface area contributed by atoms with Gasteiger partial charge in [0, 0.05) is 42.0 Å². The van der Waals surface area contributed by atoms with E-state index in [2.05, 4.69) is 36.5 Å². The van der Waals surface area contributed by atoms with E-state index in [1.807, 2.05) is 35.2 Å². The number of aromatic nitrogens is 4. The van der Waals surface area contributed by atoms with E-state index >= 15 is 0 Å². The van der Waals surface area contributed by atoms with Crippen molar-refractivity contribution in [3.05, 3.63) is 58.5 Å². The molecule has 2 aliphatic rings. The van der Waals surface area contributed by atoms with Gasteiger partial charge in [-0.3, -0.25) is 4.79 Å². The molecule has 0 aliphatic carbocycles. The maximum Gasteiger partial charge on any atom is 0.254 e. The van der Waals surface area contributed by atoms with Crippen LogP contribution < -0.4 is 4.90 Å². The highest BCUT2D eigenvalue weighted by atomic mass is 32.1. The summed E-state index contributed by atoms with van der Waals surface area (Å²) in [5, 5.41) is 14.0. The average molecular weight is 463 g/mol. The number of thiophene rings is 1. The Morgan fingerprint density at radius 3 is 2.56 bits per heavy atom. The zero-order valence-electron chi connectivity index (χ0n) is 17.5. The van der Waals surface area contributed by atoms with Crippen LogP contribution in [0.15, 0.2) is 47.2 Å². The summed E-state index contributed by atoms with van der Waals surface area (Å²) in [6.07, 6.45) is 2.46. The summed E-state index contributed by atoms with van der Waals surface area (Å²) in [6.45, 7) is 3.92. The third kappa shape index (κ3) is 3.51. The second-order valence-electron chi connectivity index (χ2n) is 8.08. The first-order valence-corrected chi connectivity index (χ1v) is 12.6. The van der Waals surface area contributed by atoms with Crippen LogP contribution in [0.4, 0.5) is 5.13 Å². The van der Waals surface area contributed by atoms with Crippen molar-refractivity contribution in [3.63, 3.8) is 0 Å². The Balaban J connectivity index is 1.18. The molecule has 1 saturated heterocycles. The molecule has 4 aromatic rings. The Bertz CT molecular complexity index is 1240. The van der Waals surface area contributed by atoms with Gasteiger partial charge in [-0.1, -0.05) is 18.2 Å². The van der Waals surface area contributed by atoms with Crippen LogP contribution in [0.1, 0.15) is 29.0 Å². The fourth-order valence-electron chi connectivity index (χ4n) is 4.34. The molecule has 7 nitrogen and oxygen atoms in total. The Morgan fingerprint density at radius 2 is 1.78 bits per heavy atom. The highest BCUT2D eigenvalue weighted by molar-refractivity contribution is 7.14. The summed E-state index contributed by atoms with van der Waals surface area (Å²) in [5.74, 6) is 1.64. The molecule has 1 aromatic carbocycles. The molecular formula is C23H22N6OS2. The minimum atomic E-state index is 0.0310. The number of thiazole rings is 1. The van der Waals surface area contributed by atoms with Crippen molar-refractivity contribution in [1.82, 2.24) is 24.6 Å². The third-order valence-corrected chi connectivity index (χ3v) is 7.90. The zero-order chi connectivity index (χ0) is 21.5. The number of hydrogen-bond donors (Lipinski definition) is 0. The molecule has 0 N–H and O–H groups in total. The third-order valence-electron chi connectivity index (χ3n) is 6.08. The lowest BCUT2D eigenvalue weighted by atomic mass is 10.1. The number of rotatable bonds is 4. The lowest BCUT2D eigenvalue weighted by Crippen LogP contribution is -2.38. The van der Waals surface area contributed by atoms with E-state index in [0.29, 0.717) is 25.2 Å². The molecule has 3 aromatic heterocycles. The molecule has 6 rings (SSSR count). The van der Waals surface area contributed by atoms with Crippen molar-refractivity contribution in [1.29, 1.82) is 0 Å². The largest absolute Gasteiger partial charge is 0.348 e. The molecular weight excluding hydrogens is 440 g/mol. The summed E-state index contributed by atoms with van der Waals surface area (Å²) >= 11 is 3.37. The van der Waals surface area contributed by atoms with Crippen molar-refractivity contribution in [3.8, 4) is 22.0 Å². The molecule has 32 heavy (non-hydrogen) atoms. The van der Waals surface area contributed by atoms with E-state index in [1.54, 1.807) is 22.7 Å². The fraction of sp³-hybridized carbons (Fsp3) is 0.304. The van der Waals surface area contributed by atoms with Crippen molar-refractivity contribution >= 4 is 33.7 Å². The summed E-state index contributed by atoms with van der Waals surface area (Å²) in [5.41, 5.74) is 2.71. The van der Waals surface area contributed by atoms with Gasteiger partial charge in [0.05, 0.1) is 6.54 Å². The molecule has 9 heteroatoms. The van der Waals surface area contributed by atoms with Gasteiger partial charge in [-0.05, 0) is 42.0 Å². The van der Waals surface area contributed by atoms with Crippen LogP contribution in [-0.4, -0.2) is 50.2 Å². The summed E-state index contributed by atoms with van der Waals surface area (Å²) in [6, 6.07) is 12.0. The smallest absolute Gasteiger partial charge is 0.254 e. The number of amides is 1. The van der Waals surface area contributed by atoms with Gasteiger partial charge >= 0.3 is 0 Å². The predicted molar refractivity (Wildman–Crippen MR) is 127 cm³/mol. The van der Waals surface area contributed by atoms with Crippen LogP contribution in [0, 0.1) is 0 Å². The van der Waals surface area contributed by atoms with Gasteiger partial charge in [-0.15, -0.1) is 32.9 Å². The first kappa shape index (κ1) is 19.6. The van der Waals surface area contributed by atoms with Gasteiger partial charge in [0.25, 0.3) is 5.91 Å². The molecule has 5 heterocycles. The van der Waals surface area contributed by atoms with Crippen LogP contribution >= 0.6 is 22.7 Å². The van der Waals surface area contributed by atoms with E-state index in [9.17, 15) is 4.79 Å². The van der Waals surface area contributed by atoms with Gasteiger partial charge in [0.15, 0.2) is 16.8 Å². The normalized spacial score (nSPS) is 15.9. The zero-order valence-corrected chi connectivity index (χ0v) is 19.1. The highest BCUT2D eigenvalue weighted by Crippen LogP contribution is 2.30. The Hall–Kier alpha value is -3.04. The molecule has 0 spiro atoms. The summed E-state index contributed by atoms with van der Waals surface area (Å²) in [7, 11) is 0. The topological polar surface area (TPSA) is 67.2 Å². The molecule has 0 saturated carbocycles. The molecule has 0 atom stereocenters. The Labute approximate surface area is 194 Å². The lowest BCUT2D eigenvalue weighted by molar-refractivity contribution is 0.0708. The number of hydrogen-bond acceptors (Lipinski definition) is 7. The summed E-state index contributed by atoms with van der Waals surface area (Å²) < 4.78 is 2.10. The second-order valence-corrected chi connectivity index (χ2v) is 9.87. The van der Waals surface area contributed by atoms with Gasteiger partial charge < -0.3 is 14.4 Å². The summed E-state index contributed by atoms with van der Waals surface area (Å²) in [4.78, 5) is 23.3. The van der Waals surface area contributed by atoms with E-state index in [-0.39, 0.29) is 5.91 Å². The van der Waals surface area contributed by atoms with E-state index < -0.39 is 0 Å². The van der Waals surface area contributed by atoms with Gasteiger partial charge in [0.1, 0.15) is 5.69 Å². The van der Waals surface area contributed by atoms with Gasteiger partial charge in [0.2, 0.25) is 0 Å². The lowest BCUT2D eigenvalue weighted by Gasteiger charge is -2.27. The quantitative estimate of drug-likeness (QED) is 0.450. The minimum absolute atomic E-state index is 0.0310. The number of carbonyl (C=O) groups is 1. The van der Waals surface area contributed by atoms with Crippen LogP contribution in [0.2, 0.25) is 0 Å². The van der Waals surface area contributed by atoms with E-state index in [1.165, 1.54) is 17.7 Å². The minimum Gasteiger partial charge on any atom is -0.348 e. The standard InChI is InChI=1S/C23H22N6OS2/c30-22(17-7-5-16(6-8-17)19-4-3-13-31-19)28-11-12-29-20(14-28)25-26-21(29)18-15-32-23(24-18)27-9-1-2-10-27/h3-8,13,15H,1-2,9-12,14H2. The molecule has 1 fully saturated rings. The molecule has 0 radical (unpaired) electrons. The maximum absolute atomic E-state index is 13.1. The average Bonchev–Trinajstić information content (AvgIpc) is 3.64. The SMILES string of the molecule is O=C(c1ccc(-c2cccs2)cc1)N1CCn2c(nnc2-c2csc(N3CCCC3)n2)C1. The first-order chi connectivity index (χ1) is 15.8. The molecule has 2 aliphatic heterocycles. The van der Waals surface area contributed by atoms with Crippen molar-refractivity contribution < 1.29 is 4.79 Å².